The summed E-state index contributed by atoms with van der Waals surface area (Å²) in [6.45, 7) is 12.8. The third-order valence-corrected chi connectivity index (χ3v) is 8.26. The summed E-state index contributed by atoms with van der Waals surface area (Å²) < 4.78 is 4.19. The van der Waals surface area contributed by atoms with Crippen LogP contribution in [0.4, 0.5) is 0 Å². The van der Waals surface area contributed by atoms with Crippen molar-refractivity contribution in [3.8, 4) is 28.2 Å². The first-order valence-corrected chi connectivity index (χ1v) is 14.4. The monoisotopic (exact) mass is 556 g/mol. The third kappa shape index (κ3) is 4.38. The van der Waals surface area contributed by atoms with Crippen LogP contribution in [0.15, 0.2) is 79.1 Å². The first-order chi connectivity index (χ1) is 20.0. The second-order valence-corrected chi connectivity index (χ2v) is 12.4. The van der Waals surface area contributed by atoms with E-state index in [9.17, 15) is 9.90 Å². The Labute approximate surface area is 246 Å². The fourth-order valence-electron chi connectivity index (χ4n) is 6.10. The number of aryl methyl sites for hydroxylation is 1. The molecule has 0 atom stereocenters. The number of hydrogen-bond acceptors (Lipinski definition) is 3. The number of benzene rings is 4. The van der Waals surface area contributed by atoms with E-state index in [1.54, 1.807) is 0 Å². The molecule has 0 saturated carbocycles. The molecular weight excluding hydrogens is 520 g/mol. The second-order valence-electron chi connectivity index (χ2n) is 12.4. The number of para-hydroxylation sites is 1. The Morgan fingerprint density at radius 3 is 2.31 bits per heavy atom. The summed E-state index contributed by atoms with van der Waals surface area (Å²) in [6, 6.07) is 24.4. The summed E-state index contributed by atoms with van der Waals surface area (Å²) in [5.41, 5.74) is 10.4. The van der Waals surface area contributed by atoms with Crippen LogP contribution in [0, 0.1) is 6.92 Å². The molecule has 6 rings (SSSR count). The number of aromatic nitrogens is 4. The maximum Gasteiger partial charge on any atom is 0.336 e. The van der Waals surface area contributed by atoms with Crippen molar-refractivity contribution in [2.45, 2.75) is 52.9 Å². The maximum absolute atomic E-state index is 12.7. The van der Waals surface area contributed by atoms with Gasteiger partial charge in [-0.05, 0) is 76.4 Å². The maximum atomic E-state index is 12.7. The van der Waals surface area contributed by atoms with Crippen molar-refractivity contribution in [1.29, 1.82) is 0 Å². The molecule has 0 aliphatic carbocycles. The highest BCUT2D eigenvalue weighted by Gasteiger charge is 2.28. The number of rotatable bonds is 5. The first kappa shape index (κ1) is 27.5. The highest BCUT2D eigenvalue weighted by molar-refractivity contribution is 6.00. The lowest BCUT2D eigenvalue weighted by Crippen LogP contribution is -2.19. The molecule has 0 spiro atoms. The summed E-state index contributed by atoms with van der Waals surface area (Å²) in [5.74, 6) is 0.322. The predicted molar refractivity (Wildman–Crippen MR) is 171 cm³/mol. The second kappa shape index (κ2) is 9.98. The molecule has 6 heteroatoms. The van der Waals surface area contributed by atoms with Gasteiger partial charge in [-0.3, -0.25) is 4.57 Å². The lowest BCUT2D eigenvalue weighted by atomic mass is 9.80. The Bertz CT molecular complexity index is 1990. The minimum atomic E-state index is -0.942. The standard InChI is InChI=1S/C36H36N4O2/c1-21(2)25-14-11-15-30-32(25)38-34(39(30)7)24-16-17-29-28(18-24)37-20-40(29)33-22(3)31(35(41)42)26(19-27(33)36(4,5)6)23-12-9-8-10-13-23/h8-21H,1-7H3,(H,41,42). The van der Waals surface area contributed by atoms with Gasteiger partial charge in [-0.1, -0.05) is 77.1 Å². The molecule has 0 aliphatic heterocycles. The Hall–Kier alpha value is -4.71. The Balaban J connectivity index is 1.56. The van der Waals surface area contributed by atoms with Crippen LogP contribution in [0.3, 0.4) is 0 Å². The lowest BCUT2D eigenvalue weighted by Gasteiger charge is -2.28. The molecule has 6 nitrogen and oxygen atoms in total. The molecule has 2 heterocycles. The third-order valence-electron chi connectivity index (χ3n) is 8.26. The van der Waals surface area contributed by atoms with E-state index in [2.05, 4.69) is 82.6 Å². The molecule has 0 saturated heterocycles. The van der Waals surface area contributed by atoms with Gasteiger partial charge in [0, 0.05) is 12.6 Å². The van der Waals surface area contributed by atoms with Crippen molar-refractivity contribution in [2.75, 3.05) is 0 Å². The molecule has 0 fully saturated rings. The summed E-state index contributed by atoms with van der Waals surface area (Å²) in [7, 11) is 2.05. The average molecular weight is 557 g/mol. The van der Waals surface area contributed by atoms with E-state index >= 15 is 0 Å². The van der Waals surface area contributed by atoms with Gasteiger partial charge >= 0.3 is 5.97 Å². The quantitative estimate of drug-likeness (QED) is 0.231. The van der Waals surface area contributed by atoms with Gasteiger partial charge in [0.25, 0.3) is 0 Å². The number of nitrogens with zero attached hydrogens (tertiary/aromatic N) is 4. The molecule has 212 valence electrons. The molecule has 0 bridgehead atoms. The highest BCUT2D eigenvalue weighted by atomic mass is 16.4. The summed E-state index contributed by atoms with van der Waals surface area (Å²) in [5, 5.41) is 10.4. The molecule has 42 heavy (non-hydrogen) atoms. The minimum Gasteiger partial charge on any atom is -0.478 e. The predicted octanol–water partition coefficient (Wildman–Crippen LogP) is 8.67. The van der Waals surface area contributed by atoms with Gasteiger partial charge in [-0.2, -0.15) is 0 Å². The van der Waals surface area contributed by atoms with Crippen LogP contribution < -0.4 is 0 Å². The van der Waals surface area contributed by atoms with Crippen LogP contribution >= 0.6 is 0 Å². The number of fused-ring (bicyclic) bond motifs is 2. The van der Waals surface area contributed by atoms with E-state index in [1.807, 2.05) is 54.2 Å². The van der Waals surface area contributed by atoms with Crippen molar-refractivity contribution in [2.24, 2.45) is 7.05 Å². The van der Waals surface area contributed by atoms with Crippen molar-refractivity contribution < 1.29 is 9.90 Å². The molecule has 0 amide bonds. The van der Waals surface area contributed by atoms with E-state index < -0.39 is 5.97 Å². The van der Waals surface area contributed by atoms with E-state index in [0.29, 0.717) is 17.0 Å². The molecule has 2 aromatic heterocycles. The highest BCUT2D eigenvalue weighted by Crippen LogP contribution is 2.40. The van der Waals surface area contributed by atoms with Crippen LogP contribution in [-0.4, -0.2) is 30.2 Å². The van der Waals surface area contributed by atoms with Crippen LogP contribution in [-0.2, 0) is 12.5 Å². The summed E-state index contributed by atoms with van der Waals surface area (Å²) >= 11 is 0. The van der Waals surface area contributed by atoms with Gasteiger partial charge in [0.2, 0.25) is 0 Å². The number of carboxylic acids is 1. The van der Waals surface area contributed by atoms with Crippen molar-refractivity contribution in [3.63, 3.8) is 0 Å². The van der Waals surface area contributed by atoms with Crippen molar-refractivity contribution in [3.05, 3.63) is 101 Å². The van der Waals surface area contributed by atoms with E-state index in [1.165, 1.54) is 5.56 Å². The fourth-order valence-corrected chi connectivity index (χ4v) is 6.10. The van der Waals surface area contributed by atoms with E-state index in [4.69, 9.17) is 9.97 Å². The number of carbonyl (C=O) groups is 1. The number of hydrogen-bond donors (Lipinski definition) is 1. The molecule has 0 unspecified atom stereocenters. The van der Waals surface area contributed by atoms with E-state index in [-0.39, 0.29) is 5.41 Å². The molecule has 4 aromatic carbocycles. The molecule has 6 aromatic rings. The van der Waals surface area contributed by atoms with Crippen LogP contribution in [0.2, 0.25) is 0 Å². The Morgan fingerprint density at radius 1 is 0.905 bits per heavy atom. The minimum absolute atomic E-state index is 0.252. The smallest absolute Gasteiger partial charge is 0.336 e. The zero-order valence-corrected chi connectivity index (χ0v) is 25.2. The van der Waals surface area contributed by atoms with Gasteiger partial charge in [0.1, 0.15) is 12.2 Å². The van der Waals surface area contributed by atoms with E-state index in [0.717, 1.165) is 55.8 Å². The molecule has 0 radical (unpaired) electrons. The molecular formula is C36H36N4O2. The van der Waals surface area contributed by atoms with Gasteiger partial charge in [-0.15, -0.1) is 0 Å². The zero-order chi connectivity index (χ0) is 29.9. The van der Waals surface area contributed by atoms with Crippen LogP contribution in [0.5, 0.6) is 0 Å². The van der Waals surface area contributed by atoms with Crippen LogP contribution in [0.25, 0.3) is 50.3 Å². The normalized spacial score (nSPS) is 12.1. The number of aromatic carboxylic acids is 1. The van der Waals surface area contributed by atoms with Gasteiger partial charge < -0.3 is 9.67 Å². The van der Waals surface area contributed by atoms with Gasteiger partial charge in [-0.25, -0.2) is 14.8 Å². The number of carboxylic acid groups (broad SMARTS) is 1. The SMILES string of the molecule is Cc1c(C(=O)O)c(-c2ccccc2)cc(C(C)(C)C)c1-n1cnc2cc(-c3nc4c(C(C)C)cccc4n3C)ccc21. The van der Waals surface area contributed by atoms with Gasteiger partial charge in [0.05, 0.1) is 33.3 Å². The Morgan fingerprint density at radius 2 is 1.64 bits per heavy atom. The zero-order valence-electron chi connectivity index (χ0n) is 25.2. The summed E-state index contributed by atoms with van der Waals surface area (Å²) in [6.07, 6.45) is 1.81. The first-order valence-electron chi connectivity index (χ1n) is 14.4. The summed E-state index contributed by atoms with van der Waals surface area (Å²) in [4.78, 5) is 22.6. The topological polar surface area (TPSA) is 72.9 Å². The molecule has 0 aliphatic rings. The van der Waals surface area contributed by atoms with Gasteiger partial charge in [0.15, 0.2) is 0 Å². The largest absolute Gasteiger partial charge is 0.478 e. The van der Waals surface area contributed by atoms with Crippen LogP contribution in [0.1, 0.15) is 67.6 Å². The van der Waals surface area contributed by atoms with Crippen molar-refractivity contribution >= 4 is 28.0 Å². The van der Waals surface area contributed by atoms with Crippen molar-refractivity contribution in [1.82, 2.24) is 19.1 Å². The average Bonchev–Trinajstić information content (AvgIpc) is 3.52. The Kier molecular flexibility index (Phi) is 6.53. The number of imidazole rings is 2. The lowest BCUT2D eigenvalue weighted by molar-refractivity contribution is 0.0697. The fraction of sp³-hybridized carbons (Fsp3) is 0.250. The molecule has 1 N–H and O–H groups in total.